The van der Waals surface area contributed by atoms with Crippen LogP contribution >= 0.6 is 0 Å². The molecule has 0 aliphatic carbocycles. The number of Topliss-reactive ketones (excluding diaryl/α,β-unsaturated/α-hetero) is 1. The van der Waals surface area contributed by atoms with E-state index in [1.165, 1.54) is 0 Å². The van der Waals surface area contributed by atoms with Crippen LogP contribution in [0.1, 0.15) is 66.1 Å². The fourth-order valence-corrected chi connectivity index (χ4v) is 2.79. The number of hydrogen-bond donors (Lipinski definition) is 2. The van der Waals surface area contributed by atoms with Gasteiger partial charge in [0.25, 0.3) is 0 Å². The Kier molecular flexibility index (Phi) is 10.5. The minimum Gasteiger partial charge on any atom is -1.00 e. The van der Waals surface area contributed by atoms with Gasteiger partial charge in [0.1, 0.15) is 11.4 Å². The maximum absolute atomic E-state index is 12.5. The molecule has 2 N–H and O–H groups in total. The fraction of sp³-hybridized carbons (Fsp3) is 0.450. The zero-order chi connectivity index (χ0) is 21.2. The highest BCUT2D eigenvalue weighted by atomic mass is 35.5. The molecule has 0 spiro atoms. The number of ether oxygens (including phenoxy) is 2. The topological polar surface area (TPSA) is 122 Å². The van der Waals surface area contributed by atoms with Gasteiger partial charge in [-0.2, -0.15) is 4.57 Å². The normalized spacial score (nSPS) is 10.2. The van der Waals surface area contributed by atoms with Crippen LogP contribution in [0.25, 0.3) is 0 Å². The van der Waals surface area contributed by atoms with Gasteiger partial charge in [-0.3, -0.25) is 9.59 Å². The van der Waals surface area contributed by atoms with Crippen molar-refractivity contribution in [3.05, 3.63) is 52.0 Å². The molecule has 0 unspecified atom stereocenters. The molecule has 0 bridgehead atoms. The monoisotopic (exact) mass is 439 g/mol. The van der Waals surface area contributed by atoms with Gasteiger partial charge in [0.15, 0.2) is 24.7 Å². The van der Waals surface area contributed by atoms with E-state index in [-0.39, 0.29) is 49.2 Å². The maximum Gasteiger partial charge on any atom is 0.338 e. The van der Waals surface area contributed by atoms with Crippen LogP contribution in [-0.2, 0) is 20.8 Å². The van der Waals surface area contributed by atoms with Gasteiger partial charge in [0.05, 0.1) is 18.8 Å². The lowest BCUT2D eigenvalue weighted by Crippen LogP contribution is -3.00. The zero-order valence-electron chi connectivity index (χ0n) is 17.0. The SMILES string of the molecule is CCOC(=O)CCCCC(=O)c1[nH]c(=O)[nH]c1C[n+]1ccc(C(=O)OCC)cc1.[Cl-]. The van der Waals surface area contributed by atoms with Crippen molar-refractivity contribution >= 4 is 17.7 Å². The number of hydrogen-bond acceptors (Lipinski definition) is 6. The summed E-state index contributed by atoms with van der Waals surface area (Å²) in [5.74, 6) is -0.891. The van der Waals surface area contributed by atoms with Crippen LogP contribution < -0.4 is 22.7 Å². The van der Waals surface area contributed by atoms with E-state index in [1.807, 2.05) is 0 Å². The van der Waals surface area contributed by atoms with Gasteiger partial charge in [-0.1, -0.05) is 0 Å². The molecule has 0 aliphatic heterocycles. The third-order valence-electron chi connectivity index (χ3n) is 4.17. The van der Waals surface area contributed by atoms with E-state index in [2.05, 4.69) is 9.97 Å². The number of ketones is 1. The van der Waals surface area contributed by atoms with E-state index in [4.69, 9.17) is 9.47 Å². The molecule has 2 aromatic rings. The minimum absolute atomic E-state index is 0. The van der Waals surface area contributed by atoms with Gasteiger partial charge < -0.3 is 31.8 Å². The van der Waals surface area contributed by atoms with Crippen molar-refractivity contribution in [2.45, 2.75) is 46.1 Å². The number of aromatic nitrogens is 3. The second-order valence-corrected chi connectivity index (χ2v) is 6.35. The molecule has 2 heterocycles. The summed E-state index contributed by atoms with van der Waals surface area (Å²) in [6.07, 6.45) is 4.88. The predicted octanol–water partition coefficient (Wildman–Crippen LogP) is -1.47. The van der Waals surface area contributed by atoms with E-state index < -0.39 is 11.7 Å². The van der Waals surface area contributed by atoms with Crippen molar-refractivity contribution in [3.63, 3.8) is 0 Å². The number of carbonyl (C=O) groups excluding carboxylic acids is 3. The summed E-state index contributed by atoms with van der Waals surface area (Å²) >= 11 is 0. The minimum atomic E-state index is -0.460. The molecule has 30 heavy (non-hydrogen) atoms. The second-order valence-electron chi connectivity index (χ2n) is 6.35. The summed E-state index contributed by atoms with van der Waals surface area (Å²) in [6, 6.07) is 3.22. The molecular formula is C20H26ClN3O6. The third kappa shape index (κ3) is 7.47. The number of pyridine rings is 1. The van der Waals surface area contributed by atoms with E-state index in [0.717, 1.165) is 0 Å². The Morgan fingerprint density at radius 3 is 2.23 bits per heavy atom. The van der Waals surface area contributed by atoms with Crippen molar-refractivity contribution in [2.75, 3.05) is 13.2 Å². The van der Waals surface area contributed by atoms with Gasteiger partial charge in [0.2, 0.25) is 0 Å². The first-order chi connectivity index (χ1) is 13.9. The number of H-pyrrole nitrogens is 2. The number of aromatic amines is 2. The molecule has 164 valence electrons. The molecule has 0 amide bonds. The summed E-state index contributed by atoms with van der Waals surface area (Å²) in [6.45, 7) is 4.37. The first-order valence-electron chi connectivity index (χ1n) is 9.60. The molecule has 0 fully saturated rings. The second kappa shape index (κ2) is 12.6. The van der Waals surface area contributed by atoms with Crippen molar-refractivity contribution in [3.8, 4) is 0 Å². The van der Waals surface area contributed by atoms with Crippen LogP contribution in [-0.4, -0.2) is 40.9 Å². The lowest BCUT2D eigenvalue weighted by atomic mass is 10.1. The molecule has 0 aromatic carbocycles. The molecule has 0 saturated heterocycles. The summed E-state index contributed by atoms with van der Waals surface area (Å²) in [5, 5.41) is 0. The first kappa shape index (κ1) is 25.1. The van der Waals surface area contributed by atoms with Crippen molar-refractivity contribution in [1.29, 1.82) is 0 Å². The smallest absolute Gasteiger partial charge is 0.338 e. The zero-order valence-corrected chi connectivity index (χ0v) is 17.8. The molecule has 2 aromatic heterocycles. The summed E-state index contributed by atoms with van der Waals surface area (Å²) in [7, 11) is 0. The summed E-state index contributed by atoms with van der Waals surface area (Å²) in [4.78, 5) is 52.4. The van der Waals surface area contributed by atoms with Gasteiger partial charge in [-0.15, -0.1) is 0 Å². The first-order valence-corrected chi connectivity index (χ1v) is 9.60. The Morgan fingerprint density at radius 2 is 1.60 bits per heavy atom. The van der Waals surface area contributed by atoms with Crippen molar-refractivity contribution in [2.24, 2.45) is 0 Å². The van der Waals surface area contributed by atoms with E-state index in [9.17, 15) is 19.2 Å². The Labute approximate surface area is 180 Å². The number of nitrogens with one attached hydrogen (secondary N) is 2. The van der Waals surface area contributed by atoms with Crippen LogP contribution in [0, 0.1) is 0 Å². The molecule has 0 saturated carbocycles. The number of carbonyl (C=O) groups is 3. The standard InChI is InChI=1S/C20H25N3O6.ClH/c1-3-28-17(25)8-6-5-7-16(24)18-15(21-20(27)22-18)13-23-11-9-14(10-12-23)19(26)29-4-2;/h9-12,26H,3-8,13H2,1-2H3;1H. The molecule has 10 heteroatoms. The van der Waals surface area contributed by atoms with Crippen LogP contribution in [0.4, 0.5) is 0 Å². The third-order valence-corrected chi connectivity index (χ3v) is 4.17. The average molecular weight is 440 g/mol. The molecule has 0 radical (unpaired) electrons. The van der Waals surface area contributed by atoms with E-state index >= 15 is 0 Å². The molecule has 2 rings (SSSR count). The largest absolute Gasteiger partial charge is 1.00 e. The molecular weight excluding hydrogens is 414 g/mol. The van der Waals surface area contributed by atoms with Gasteiger partial charge >= 0.3 is 17.6 Å². The Bertz CT molecular complexity index is 904. The van der Waals surface area contributed by atoms with Gasteiger partial charge in [0, 0.05) is 25.0 Å². The molecule has 0 atom stereocenters. The lowest BCUT2D eigenvalue weighted by Gasteiger charge is -2.03. The summed E-state index contributed by atoms with van der Waals surface area (Å²) < 4.78 is 11.5. The van der Waals surface area contributed by atoms with Crippen LogP contribution in [0.3, 0.4) is 0 Å². The maximum atomic E-state index is 12.5. The number of unbranched alkanes of at least 4 members (excludes halogenated alkanes) is 1. The number of rotatable bonds is 11. The Morgan fingerprint density at radius 1 is 0.967 bits per heavy atom. The van der Waals surface area contributed by atoms with E-state index in [0.29, 0.717) is 37.3 Å². The number of esters is 2. The molecule has 0 aliphatic rings. The lowest BCUT2D eigenvalue weighted by molar-refractivity contribution is -0.688. The Hall–Kier alpha value is -2.94. The Balaban J connectivity index is 0.00000450. The van der Waals surface area contributed by atoms with E-state index in [1.54, 1.807) is 42.9 Å². The van der Waals surface area contributed by atoms with Crippen molar-refractivity contribution in [1.82, 2.24) is 9.97 Å². The van der Waals surface area contributed by atoms with Crippen LogP contribution in [0.2, 0.25) is 0 Å². The number of halogens is 1. The van der Waals surface area contributed by atoms with Crippen molar-refractivity contribution < 1.29 is 40.8 Å². The average Bonchev–Trinajstić information content (AvgIpc) is 3.06. The summed E-state index contributed by atoms with van der Waals surface area (Å²) in [5.41, 5.74) is 0.648. The van der Waals surface area contributed by atoms with Gasteiger partial charge in [-0.25, -0.2) is 9.59 Å². The van der Waals surface area contributed by atoms with Crippen LogP contribution in [0.5, 0.6) is 0 Å². The molecule has 9 nitrogen and oxygen atoms in total. The highest BCUT2D eigenvalue weighted by molar-refractivity contribution is 5.95. The fourth-order valence-electron chi connectivity index (χ4n) is 2.79. The number of imidazole rings is 1. The van der Waals surface area contributed by atoms with Crippen LogP contribution in [0.15, 0.2) is 29.3 Å². The predicted molar refractivity (Wildman–Crippen MR) is 103 cm³/mol. The van der Waals surface area contributed by atoms with Gasteiger partial charge in [-0.05, 0) is 26.7 Å². The number of nitrogens with zero attached hydrogens (tertiary/aromatic N) is 1. The highest BCUT2D eigenvalue weighted by Crippen LogP contribution is 2.09. The highest BCUT2D eigenvalue weighted by Gasteiger charge is 2.19. The quantitative estimate of drug-likeness (QED) is 0.191.